The van der Waals surface area contributed by atoms with Gasteiger partial charge in [0.1, 0.15) is 5.01 Å². The lowest BCUT2D eigenvalue weighted by atomic mass is 10.1. The number of hydrogen-bond acceptors (Lipinski definition) is 3. The van der Waals surface area contributed by atoms with E-state index in [2.05, 4.69) is 20.9 Å². The highest BCUT2D eigenvalue weighted by Gasteiger charge is 2.05. The van der Waals surface area contributed by atoms with Crippen molar-refractivity contribution in [3.63, 3.8) is 0 Å². The number of carbonyl (C=O) groups is 1. The highest BCUT2D eigenvalue weighted by molar-refractivity contribution is 9.11. The van der Waals surface area contributed by atoms with Gasteiger partial charge in [0.2, 0.25) is 0 Å². The number of benzene rings is 1. The minimum Gasteiger partial charge on any atom is -0.294 e. The van der Waals surface area contributed by atoms with Crippen LogP contribution in [0.5, 0.6) is 0 Å². The molecule has 0 bridgehead atoms. The lowest BCUT2D eigenvalue weighted by molar-refractivity contribution is 0.0988. The van der Waals surface area contributed by atoms with Crippen LogP contribution in [0, 0.1) is 0 Å². The van der Waals surface area contributed by atoms with Crippen LogP contribution < -0.4 is 0 Å². The zero-order chi connectivity index (χ0) is 11.5. The molecule has 16 heavy (non-hydrogen) atoms. The van der Waals surface area contributed by atoms with Gasteiger partial charge < -0.3 is 0 Å². The van der Waals surface area contributed by atoms with Crippen molar-refractivity contribution >= 4 is 33.0 Å². The Morgan fingerprint density at radius 3 is 2.56 bits per heavy atom. The number of hydrogen-bond donors (Lipinski definition) is 0. The maximum atomic E-state index is 11.4. The highest BCUT2D eigenvalue weighted by Crippen LogP contribution is 2.28. The van der Waals surface area contributed by atoms with Gasteiger partial charge in [-0.15, -0.1) is 11.3 Å². The number of Topliss-reactive ketones (excluding diaryl/α,β-unsaturated/α-hetero) is 1. The smallest absolute Gasteiger partial charge is 0.162 e. The molecule has 4 heteroatoms. The van der Waals surface area contributed by atoms with Gasteiger partial charge in [0.15, 0.2) is 5.78 Å². The molecule has 0 atom stereocenters. The van der Waals surface area contributed by atoms with Crippen LogP contribution in [-0.2, 0) is 0 Å². The van der Waals surface area contributed by atoms with Crippen molar-refractivity contribution in [2.45, 2.75) is 13.3 Å². The van der Waals surface area contributed by atoms with Crippen LogP contribution in [0.4, 0.5) is 0 Å². The second-order valence-corrected chi connectivity index (χ2v) is 5.73. The fourth-order valence-corrected chi connectivity index (χ4v) is 2.60. The summed E-state index contributed by atoms with van der Waals surface area (Å²) >= 11 is 4.96. The van der Waals surface area contributed by atoms with Crippen LogP contribution in [0.15, 0.2) is 34.2 Å². The van der Waals surface area contributed by atoms with Crippen molar-refractivity contribution in [1.29, 1.82) is 0 Å². The van der Waals surface area contributed by atoms with Gasteiger partial charge in [-0.25, -0.2) is 4.98 Å². The summed E-state index contributed by atoms with van der Waals surface area (Å²) in [7, 11) is 0. The summed E-state index contributed by atoms with van der Waals surface area (Å²) in [5, 5.41) is 0.961. The Hall–Kier alpha value is -1.00. The summed E-state index contributed by atoms with van der Waals surface area (Å²) in [6.07, 6.45) is 2.33. The Labute approximate surface area is 106 Å². The molecule has 0 aliphatic heterocycles. The molecule has 0 saturated heterocycles. The van der Waals surface area contributed by atoms with Crippen molar-refractivity contribution in [3.8, 4) is 10.6 Å². The van der Waals surface area contributed by atoms with E-state index in [9.17, 15) is 4.79 Å². The average Bonchev–Trinajstić information content (AvgIpc) is 2.75. The number of nitrogens with zero attached hydrogens (tertiary/aromatic N) is 1. The third kappa shape index (κ3) is 2.39. The maximum absolute atomic E-state index is 11.4. The Balaban J connectivity index is 2.29. The minimum absolute atomic E-state index is 0.173. The molecule has 0 saturated carbocycles. The molecule has 0 amide bonds. The molecular weight excluding hydrogens is 286 g/mol. The second kappa shape index (κ2) is 4.89. The predicted octanol–water partition coefficient (Wildman–Crippen LogP) is 4.17. The lowest BCUT2D eigenvalue weighted by Crippen LogP contribution is -1.95. The third-order valence-corrected chi connectivity index (χ3v) is 3.78. The molecule has 1 aromatic carbocycles. The fraction of sp³-hybridized carbons (Fsp3) is 0.167. The molecule has 0 aliphatic rings. The quantitative estimate of drug-likeness (QED) is 0.796. The molecule has 1 aromatic heterocycles. The van der Waals surface area contributed by atoms with Crippen molar-refractivity contribution in [2.24, 2.45) is 0 Å². The van der Waals surface area contributed by atoms with Gasteiger partial charge in [-0.2, -0.15) is 0 Å². The van der Waals surface area contributed by atoms with Crippen LogP contribution in [0.1, 0.15) is 23.7 Å². The summed E-state index contributed by atoms with van der Waals surface area (Å²) in [4.78, 5) is 15.7. The molecule has 2 nitrogen and oxygen atoms in total. The van der Waals surface area contributed by atoms with E-state index in [-0.39, 0.29) is 5.78 Å². The van der Waals surface area contributed by atoms with Crippen molar-refractivity contribution in [2.75, 3.05) is 0 Å². The number of halogens is 1. The van der Waals surface area contributed by atoms with Gasteiger partial charge in [-0.3, -0.25) is 4.79 Å². The first kappa shape index (κ1) is 11.5. The van der Waals surface area contributed by atoms with E-state index >= 15 is 0 Å². The number of thiazole rings is 1. The Kier molecular flexibility index (Phi) is 3.51. The molecule has 2 rings (SSSR count). The molecule has 82 valence electrons. The first-order chi connectivity index (χ1) is 7.70. The largest absolute Gasteiger partial charge is 0.294 e. The first-order valence-corrected chi connectivity index (χ1v) is 6.56. The molecule has 0 fully saturated rings. The normalized spacial score (nSPS) is 10.4. The van der Waals surface area contributed by atoms with Crippen LogP contribution in [0.3, 0.4) is 0 Å². The molecule has 1 heterocycles. The van der Waals surface area contributed by atoms with E-state index in [1.165, 1.54) is 0 Å². The van der Waals surface area contributed by atoms with Gasteiger partial charge in [0.05, 0.1) is 9.98 Å². The fourth-order valence-electron chi connectivity index (χ4n) is 1.39. The van der Waals surface area contributed by atoms with E-state index in [4.69, 9.17) is 0 Å². The van der Waals surface area contributed by atoms with Crippen molar-refractivity contribution in [3.05, 3.63) is 39.8 Å². The van der Waals surface area contributed by atoms with Crippen LogP contribution in [0.25, 0.3) is 10.6 Å². The van der Waals surface area contributed by atoms with E-state index in [1.54, 1.807) is 17.5 Å². The summed E-state index contributed by atoms with van der Waals surface area (Å²) in [5.74, 6) is 0.173. The average molecular weight is 296 g/mol. The molecule has 0 radical (unpaired) electrons. The lowest BCUT2D eigenvalue weighted by Gasteiger charge is -1.99. The first-order valence-electron chi connectivity index (χ1n) is 4.95. The molecule has 0 unspecified atom stereocenters. The van der Waals surface area contributed by atoms with E-state index in [0.29, 0.717) is 6.42 Å². The van der Waals surface area contributed by atoms with Crippen molar-refractivity contribution in [1.82, 2.24) is 4.98 Å². The number of aromatic nitrogens is 1. The van der Waals surface area contributed by atoms with Gasteiger partial charge in [-0.05, 0) is 15.9 Å². The molecule has 0 spiro atoms. The van der Waals surface area contributed by atoms with E-state index in [1.807, 2.05) is 31.2 Å². The minimum atomic E-state index is 0.173. The van der Waals surface area contributed by atoms with Crippen LogP contribution in [0.2, 0.25) is 0 Å². The molecular formula is C12H10BrNOS. The standard InChI is InChI=1S/C12H10BrNOS/c1-2-10(15)8-3-5-9(6-4-8)12-14-7-11(13)16-12/h3-7H,2H2,1H3. The van der Waals surface area contributed by atoms with Gasteiger partial charge >= 0.3 is 0 Å². The van der Waals surface area contributed by atoms with Gasteiger partial charge in [0, 0.05) is 17.5 Å². The van der Waals surface area contributed by atoms with Gasteiger partial charge in [-0.1, -0.05) is 31.2 Å². The Bertz CT molecular complexity index is 504. The SMILES string of the molecule is CCC(=O)c1ccc(-c2ncc(Br)s2)cc1. The number of carbonyl (C=O) groups excluding carboxylic acids is 1. The van der Waals surface area contributed by atoms with Crippen molar-refractivity contribution < 1.29 is 4.79 Å². The van der Waals surface area contributed by atoms with Gasteiger partial charge in [0.25, 0.3) is 0 Å². The zero-order valence-electron chi connectivity index (χ0n) is 8.74. The zero-order valence-corrected chi connectivity index (χ0v) is 11.1. The van der Waals surface area contributed by atoms with Crippen LogP contribution in [-0.4, -0.2) is 10.8 Å². The Morgan fingerprint density at radius 1 is 1.38 bits per heavy atom. The summed E-state index contributed by atoms with van der Waals surface area (Å²) < 4.78 is 1.01. The third-order valence-electron chi connectivity index (χ3n) is 2.25. The van der Waals surface area contributed by atoms with E-state index < -0.39 is 0 Å². The Morgan fingerprint density at radius 2 is 2.06 bits per heavy atom. The molecule has 0 aliphatic carbocycles. The second-order valence-electron chi connectivity index (χ2n) is 3.32. The maximum Gasteiger partial charge on any atom is 0.162 e. The molecule has 0 N–H and O–H groups in total. The topological polar surface area (TPSA) is 30.0 Å². The summed E-state index contributed by atoms with van der Waals surface area (Å²) in [6.45, 7) is 1.87. The van der Waals surface area contributed by atoms with Crippen LogP contribution >= 0.6 is 27.3 Å². The van der Waals surface area contributed by atoms with E-state index in [0.717, 1.165) is 19.9 Å². The molecule has 2 aromatic rings. The number of rotatable bonds is 3. The highest BCUT2D eigenvalue weighted by atomic mass is 79.9. The number of ketones is 1. The summed E-state index contributed by atoms with van der Waals surface area (Å²) in [5.41, 5.74) is 1.81. The predicted molar refractivity (Wildman–Crippen MR) is 69.9 cm³/mol. The monoisotopic (exact) mass is 295 g/mol. The summed E-state index contributed by atoms with van der Waals surface area (Å²) in [6, 6.07) is 7.59.